The van der Waals surface area contributed by atoms with E-state index in [1.807, 2.05) is 0 Å². The summed E-state index contributed by atoms with van der Waals surface area (Å²) in [5.41, 5.74) is 0.478. The second-order valence-electron chi connectivity index (χ2n) is 10.7. The highest BCUT2D eigenvalue weighted by Gasteiger charge is 2.27. The summed E-state index contributed by atoms with van der Waals surface area (Å²) >= 11 is 0. The van der Waals surface area contributed by atoms with Crippen LogP contribution < -0.4 is 12.5 Å². The van der Waals surface area contributed by atoms with Gasteiger partial charge in [-0.05, 0) is 34.4 Å². The molecule has 0 saturated carbocycles. The highest BCUT2D eigenvalue weighted by Crippen LogP contribution is 2.49. The molecule has 7 aromatic carbocycles. The smallest absolute Gasteiger partial charge is 0.360 e. The highest BCUT2D eigenvalue weighted by molar-refractivity contribution is 7.81. The number of aromatic nitrogens is 1. The Labute approximate surface area is 264 Å². The van der Waals surface area contributed by atoms with Gasteiger partial charge in [0.15, 0.2) is 17.2 Å². The fourth-order valence-electron chi connectivity index (χ4n) is 6.47. The van der Waals surface area contributed by atoms with Crippen molar-refractivity contribution in [1.29, 1.82) is 0 Å². The van der Waals surface area contributed by atoms with Gasteiger partial charge in [-0.2, -0.15) is 25.3 Å². The Hall–Kier alpha value is -5.10. The van der Waals surface area contributed by atoms with Gasteiger partial charge >= 0.3 is 31.2 Å². The lowest BCUT2D eigenvalue weighted by molar-refractivity contribution is 0.385. The van der Waals surface area contributed by atoms with Gasteiger partial charge in [0.2, 0.25) is 0 Å². The van der Waals surface area contributed by atoms with E-state index in [9.17, 15) is 38.9 Å². The van der Waals surface area contributed by atoms with Gasteiger partial charge in [0.05, 0.1) is 16.4 Å². The largest absolute Gasteiger partial charge is 0.446 e. The maximum atomic E-state index is 12.1. The fraction of sp³-hybridized carbons (Fsp3) is 0. The Morgan fingerprint density at radius 2 is 0.809 bits per heavy atom. The second kappa shape index (κ2) is 9.71. The average molecular weight is 692 g/mol. The van der Waals surface area contributed by atoms with Crippen molar-refractivity contribution in [3.8, 4) is 17.2 Å². The van der Waals surface area contributed by atoms with E-state index in [2.05, 4.69) is 0 Å². The number of benzene rings is 7. The Balaban J connectivity index is 1.60. The van der Waals surface area contributed by atoms with Gasteiger partial charge in [-0.15, -0.1) is 0 Å². The van der Waals surface area contributed by atoms with Gasteiger partial charge < -0.3 is 12.5 Å². The molecule has 236 valence electrons. The second-order valence-corrected chi connectivity index (χ2v) is 13.7. The number of pyridine rings is 1. The molecule has 1 aromatic heterocycles. The van der Waals surface area contributed by atoms with Crippen LogP contribution in [0.2, 0.25) is 0 Å². The molecule has 0 atom stereocenters. The SMILES string of the molecule is O=S(=O)(O)Oc1c2ccccc2c(OS(=O)(=O)O)c2c1ccc1c3ccc4c(OS(=O)(=O)O)c5ccccc5c5ccc(nc12)c3c45. The van der Waals surface area contributed by atoms with Crippen molar-refractivity contribution < 1.29 is 51.5 Å². The fourth-order valence-corrected chi connectivity index (χ4v) is 7.64. The molecule has 3 N–H and O–H groups in total. The summed E-state index contributed by atoms with van der Waals surface area (Å²) in [6, 6.07) is 22.6. The Bertz CT molecular complexity index is 3020. The molecular formula is C31H17NO12S3. The normalized spacial score (nSPS) is 13.1. The van der Waals surface area contributed by atoms with Crippen LogP contribution in [0.1, 0.15) is 0 Å². The summed E-state index contributed by atoms with van der Waals surface area (Å²) in [5.74, 6) is -0.805. The molecule has 47 heavy (non-hydrogen) atoms. The minimum absolute atomic E-state index is 0.0115. The van der Waals surface area contributed by atoms with E-state index in [4.69, 9.17) is 17.5 Å². The first-order valence-electron chi connectivity index (χ1n) is 13.5. The Morgan fingerprint density at radius 3 is 1.38 bits per heavy atom. The van der Waals surface area contributed by atoms with Gasteiger partial charge in [-0.3, -0.25) is 13.7 Å². The van der Waals surface area contributed by atoms with Crippen LogP contribution in [0, 0.1) is 0 Å². The first-order chi connectivity index (χ1) is 22.2. The van der Waals surface area contributed by atoms with E-state index in [0.717, 1.165) is 5.39 Å². The zero-order valence-corrected chi connectivity index (χ0v) is 25.7. The summed E-state index contributed by atoms with van der Waals surface area (Å²) < 4.78 is 116. The summed E-state index contributed by atoms with van der Waals surface area (Å²) in [4.78, 5) is 4.84. The Morgan fingerprint density at radius 1 is 0.404 bits per heavy atom. The van der Waals surface area contributed by atoms with Crippen molar-refractivity contribution in [1.82, 2.24) is 4.98 Å². The topological polar surface area (TPSA) is 204 Å². The molecule has 1 heterocycles. The number of nitrogens with zero attached hydrogens (tertiary/aromatic N) is 1. The quantitative estimate of drug-likeness (QED) is 0.102. The Kier molecular flexibility index (Phi) is 6.05. The standard InChI is InChI=1S/C31H17NO12S3/c33-45(34,35)42-29-19-6-2-1-5-15(19)16-13-14-24-26-17(9-11-22(29)25(16)26)18-10-12-23-27(28(18)32-24)31(44-47(39,40)41)21-8-4-3-7-20(21)30(23)43-46(36,37)38/h1-14H,(H,33,34,35)(H,36,37,38)(H,39,40,41). The van der Waals surface area contributed by atoms with E-state index in [1.54, 1.807) is 54.6 Å². The maximum Gasteiger partial charge on any atom is 0.446 e. The van der Waals surface area contributed by atoms with Gasteiger partial charge in [0.25, 0.3) is 0 Å². The van der Waals surface area contributed by atoms with Gasteiger partial charge in [0.1, 0.15) is 0 Å². The van der Waals surface area contributed by atoms with Crippen molar-refractivity contribution in [3.05, 3.63) is 84.9 Å². The minimum Gasteiger partial charge on any atom is -0.360 e. The molecule has 0 fully saturated rings. The molecular weight excluding hydrogens is 675 g/mol. The van der Waals surface area contributed by atoms with Crippen molar-refractivity contribution >= 4 is 107 Å². The molecule has 16 heteroatoms. The van der Waals surface area contributed by atoms with Crippen molar-refractivity contribution in [2.24, 2.45) is 0 Å². The summed E-state index contributed by atoms with van der Waals surface area (Å²) in [6.45, 7) is 0. The maximum absolute atomic E-state index is 12.1. The molecule has 0 spiro atoms. The lowest BCUT2D eigenvalue weighted by atomic mass is 9.89. The van der Waals surface area contributed by atoms with Crippen molar-refractivity contribution in [2.45, 2.75) is 0 Å². The molecule has 0 unspecified atom stereocenters. The third-order valence-corrected chi connectivity index (χ3v) is 9.13. The van der Waals surface area contributed by atoms with Crippen molar-refractivity contribution in [2.75, 3.05) is 0 Å². The summed E-state index contributed by atoms with van der Waals surface area (Å²) in [6.07, 6.45) is 0. The molecule has 0 aliphatic carbocycles. The lowest BCUT2D eigenvalue weighted by Crippen LogP contribution is -2.10. The molecule has 0 radical (unpaired) electrons. The molecule has 0 saturated heterocycles. The number of fused-ring (bicyclic) bond motifs is 7. The predicted molar refractivity (Wildman–Crippen MR) is 174 cm³/mol. The van der Waals surface area contributed by atoms with Gasteiger partial charge in [0, 0.05) is 43.1 Å². The number of hydrogen-bond donors (Lipinski definition) is 3. The van der Waals surface area contributed by atoms with Crippen LogP contribution in [0.4, 0.5) is 0 Å². The van der Waals surface area contributed by atoms with E-state index < -0.39 is 31.2 Å². The van der Waals surface area contributed by atoms with Crippen LogP contribution in [0.25, 0.3) is 75.7 Å². The van der Waals surface area contributed by atoms with E-state index in [-0.39, 0.29) is 44.3 Å². The van der Waals surface area contributed by atoms with Crippen LogP contribution >= 0.6 is 0 Å². The van der Waals surface area contributed by atoms with Crippen LogP contribution in [0.15, 0.2) is 84.9 Å². The molecule has 8 rings (SSSR count). The first kappa shape index (κ1) is 29.3. The van der Waals surface area contributed by atoms with E-state index in [0.29, 0.717) is 43.2 Å². The third-order valence-electron chi connectivity index (χ3n) is 8.00. The van der Waals surface area contributed by atoms with Crippen molar-refractivity contribution in [3.63, 3.8) is 0 Å². The van der Waals surface area contributed by atoms with E-state index >= 15 is 0 Å². The summed E-state index contributed by atoms with van der Waals surface area (Å²) in [7, 11) is -15.1. The molecule has 0 aliphatic heterocycles. The van der Waals surface area contributed by atoms with Crippen LogP contribution in [-0.4, -0.2) is 43.9 Å². The predicted octanol–water partition coefficient (Wildman–Crippen LogP) is 6.14. The monoisotopic (exact) mass is 691 g/mol. The van der Waals surface area contributed by atoms with Gasteiger partial charge in [-0.25, -0.2) is 4.98 Å². The molecule has 0 amide bonds. The number of rotatable bonds is 6. The zero-order valence-electron chi connectivity index (χ0n) is 23.3. The third kappa shape index (κ3) is 4.69. The molecule has 8 aromatic rings. The number of hydrogen-bond acceptors (Lipinski definition) is 10. The molecule has 13 nitrogen and oxygen atoms in total. The van der Waals surface area contributed by atoms with Crippen LogP contribution in [0.5, 0.6) is 17.2 Å². The minimum atomic E-state index is -5.13. The molecule has 0 aliphatic rings. The lowest BCUT2D eigenvalue weighted by Gasteiger charge is -2.19. The van der Waals surface area contributed by atoms with Gasteiger partial charge in [-0.1, -0.05) is 66.7 Å². The first-order valence-corrected chi connectivity index (χ1v) is 17.6. The van der Waals surface area contributed by atoms with E-state index in [1.165, 1.54) is 30.3 Å². The molecule has 0 bridgehead atoms. The zero-order chi connectivity index (χ0) is 33.0. The average Bonchev–Trinajstić information content (AvgIpc) is 3.00. The van der Waals surface area contributed by atoms with Crippen LogP contribution in [-0.2, 0) is 31.2 Å². The summed E-state index contributed by atoms with van der Waals surface area (Å²) in [5, 5.41) is 4.30. The highest BCUT2D eigenvalue weighted by atomic mass is 32.3. The van der Waals surface area contributed by atoms with Crippen LogP contribution in [0.3, 0.4) is 0 Å².